The zero-order valence-electron chi connectivity index (χ0n) is 8.22. The van der Waals surface area contributed by atoms with Crippen molar-refractivity contribution in [1.82, 2.24) is 9.62 Å². The molecule has 6 nitrogen and oxygen atoms in total. The first-order valence-electron chi connectivity index (χ1n) is 4.89. The number of hydrogen-bond donors (Lipinski definition) is 2. The molecule has 0 radical (unpaired) electrons. The first kappa shape index (κ1) is 10.8. The Morgan fingerprint density at radius 3 is 2.33 bits per heavy atom. The van der Waals surface area contributed by atoms with Gasteiger partial charge in [-0.2, -0.15) is 0 Å². The lowest BCUT2D eigenvalue weighted by molar-refractivity contribution is -0.134. The molecule has 0 saturated carbocycles. The van der Waals surface area contributed by atoms with Crippen LogP contribution in [0.1, 0.15) is 0 Å². The van der Waals surface area contributed by atoms with Crippen molar-refractivity contribution in [3.8, 4) is 0 Å². The van der Waals surface area contributed by atoms with Gasteiger partial charge < -0.3 is 10.4 Å². The molecular weight excluding hydrogens is 220 g/mol. The van der Waals surface area contributed by atoms with Gasteiger partial charge in [0.25, 0.3) is 0 Å². The molecule has 0 amide bonds. The highest BCUT2D eigenvalue weighted by atomic mass is 32.2. The molecule has 2 fully saturated rings. The minimum absolute atomic E-state index is 0.355. The van der Waals surface area contributed by atoms with E-state index in [2.05, 4.69) is 5.32 Å². The maximum atomic E-state index is 11.6. The van der Waals surface area contributed by atoms with Crippen molar-refractivity contribution in [3.05, 3.63) is 0 Å². The van der Waals surface area contributed by atoms with Gasteiger partial charge in [-0.25, -0.2) is 12.7 Å². The summed E-state index contributed by atoms with van der Waals surface area (Å²) in [6, 6.07) is 0. The Morgan fingerprint density at radius 2 is 1.87 bits per heavy atom. The fourth-order valence-electron chi connectivity index (χ4n) is 2.29. The fraction of sp³-hybridized carbons (Fsp3) is 0.875. The summed E-state index contributed by atoms with van der Waals surface area (Å²) in [5.74, 6) is -1.37. The molecule has 0 bridgehead atoms. The summed E-state index contributed by atoms with van der Waals surface area (Å²) >= 11 is 0. The Kier molecular flexibility index (Phi) is 2.70. The smallest absolute Gasteiger partial charge is 0.320 e. The third-order valence-electron chi connectivity index (χ3n) is 3.06. The van der Waals surface area contributed by atoms with Crippen molar-refractivity contribution >= 4 is 16.0 Å². The molecule has 0 spiro atoms. The van der Waals surface area contributed by atoms with Gasteiger partial charge in [0.1, 0.15) is 0 Å². The maximum Gasteiger partial charge on any atom is 0.320 e. The number of rotatable bonds is 3. The highest BCUT2D eigenvalue weighted by Gasteiger charge is 2.41. The molecule has 0 aromatic heterocycles. The van der Waals surface area contributed by atoms with Crippen LogP contribution in [0.15, 0.2) is 0 Å². The number of nitrogens with one attached hydrogen (secondary N) is 1. The molecule has 2 saturated heterocycles. The summed E-state index contributed by atoms with van der Waals surface area (Å²) < 4.78 is 24.5. The number of aliphatic carboxylic acids is 1. The SMILES string of the molecule is O=C(O)CS(=O)(=O)N1CC2CNCC2C1. The van der Waals surface area contributed by atoms with Gasteiger partial charge >= 0.3 is 5.97 Å². The van der Waals surface area contributed by atoms with Crippen LogP contribution in [0, 0.1) is 11.8 Å². The summed E-state index contributed by atoms with van der Waals surface area (Å²) in [4.78, 5) is 10.4. The molecule has 2 atom stereocenters. The van der Waals surface area contributed by atoms with Gasteiger partial charge in [0.15, 0.2) is 5.75 Å². The van der Waals surface area contributed by atoms with Gasteiger partial charge in [0.05, 0.1) is 0 Å². The van der Waals surface area contributed by atoms with Crippen LogP contribution < -0.4 is 5.32 Å². The zero-order valence-corrected chi connectivity index (χ0v) is 9.03. The normalized spacial score (nSPS) is 31.7. The van der Waals surface area contributed by atoms with Crippen molar-refractivity contribution in [2.24, 2.45) is 11.8 Å². The third kappa shape index (κ3) is 2.14. The second-order valence-corrected chi connectivity index (χ2v) is 6.11. The van der Waals surface area contributed by atoms with E-state index in [0.29, 0.717) is 24.9 Å². The Balaban J connectivity index is 2.04. The highest BCUT2D eigenvalue weighted by Crippen LogP contribution is 2.28. The Hall–Kier alpha value is -0.660. The fourth-order valence-corrected chi connectivity index (χ4v) is 3.62. The van der Waals surface area contributed by atoms with Gasteiger partial charge in [-0.1, -0.05) is 0 Å². The third-order valence-corrected chi connectivity index (χ3v) is 4.75. The molecule has 7 heteroatoms. The van der Waals surface area contributed by atoms with E-state index < -0.39 is 21.7 Å². The van der Waals surface area contributed by atoms with Gasteiger partial charge in [-0.15, -0.1) is 0 Å². The summed E-state index contributed by atoms with van der Waals surface area (Å²) in [6.07, 6.45) is 0. The lowest BCUT2D eigenvalue weighted by Gasteiger charge is -2.15. The lowest BCUT2D eigenvalue weighted by Crippen LogP contribution is -2.35. The average Bonchev–Trinajstić information content (AvgIpc) is 2.56. The highest BCUT2D eigenvalue weighted by molar-refractivity contribution is 7.89. The predicted octanol–water partition coefficient (Wildman–Crippen LogP) is -1.45. The first-order chi connectivity index (χ1) is 6.99. The monoisotopic (exact) mass is 234 g/mol. The Bertz CT molecular complexity index is 355. The zero-order chi connectivity index (χ0) is 11.1. The molecule has 2 N–H and O–H groups in total. The van der Waals surface area contributed by atoms with E-state index in [-0.39, 0.29) is 0 Å². The Morgan fingerprint density at radius 1 is 1.33 bits per heavy atom. The van der Waals surface area contributed by atoms with Crippen LogP contribution in [-0.2, 0) is 14.8 Å². The van der Waals surface area contributed by atoms with Crippen molar-refractivity contribution in [2.45, 2.75) is 0 Å². The minimum Gasteiger partial charge on any atom is -0.480 e. The van der Waals surface area contributed by atoms with Crippen LogP contribution in [0.2, 0.25) is 0 Å². The van der Waals surface area contributed by atoms with Crippen LogP contribution in [0.25, 0.3) is 0 Å². The van der Waals surface area contributed by atoms with Gasteiger partial charge in [0, 0.05) is 13.1 Å². The molecule has 2 rings (SSSR count). The van der Waals surface area contributed by atoms with E-state index in [0.717, 1.165) is 13.1 Å². The molecule has 86 valence electrons. The molecule has 2 aliphatic rings. The van der Waals surface area contributed by atoms with E-state index in [9.17, 15) is 13.2 Å². The van der Waals surface area contributed by atoms with Crippen LogP contribution >= 0.6 is 0 Å². The number of carboxylic acid groups (broad SMARTS) is 1. The van der Waals surface area contributed by atoms with Gasteiger partial charge in [-0.05, 0) is 24.9 Å². The molecule has 0 aromatic carbocycles. The number of sulfonamides is 1. The minimum atomic E-state index is -3.60. The number of fused-ring (bicyclic) bond motifs is 1. The molecule has 2 unspecified atom stereocenters. The van der Waals surface area contributed by atoms with Crippen molar-refractivity contribution in [2.75, 3.05) is 31.9 Å². The van der Waals surface area contributed by atoms with Crippen LogP contribution in [0.5, 0.6) is 0 Å². The van der Waals surface area contributed by atoms with E-state index in [1.54, 1.807) is 0 Å². The van der Waals surface area contributed by atoms with Crippen molar-refractivity contribution in [3.63, 3.8) is 0 Å². The Labute approximate surface area is 88.3 Å². The number of carboxylic acids is 1. The summed E-state index contributed by atoms with van der Waals surface area (Å²) in [5.41, 5.74) is 0. The van der Waals surface area contributed by atoms with Crippen molar-refractivity contribution in [1.29, 1.82) is 0 Å². The molecule has 2 aliphatic heterocycles. The second-order valence-electron chi connectivity index (χ2n) is 4.15. The van der Waals surface area contributed by atoms with Crippen molar-refractivity contribution < 1.29 is 18.3 Å². The summed E-state index contributed by atoms with van der Waals surface area (Å²) in [5, 5.41) is 11.7. The lowest BCUT2D eigenvalue weighted by atomic mass is 10.0. The number of carbonyl (C=O) groups is 1. The first-order valence-corrected chi connectivity index (χ1v) is 6.50. The summed E-state index contributed by atoms with van der Waals surface area (Å²) in [7, 11) is -3.60. The maximum absolute atomic E-state index is 11.6. The molecular formula is C8H14N2O4S. The molecule has 0 aromatic rings. The topological polar surface area (TPSA) is 86.7 Å². The van der Waals surface area contributed by atoms with Gasteiger partial charge in [-0.3, -0.25) is 4.79 Å². The standard InChI is InChI=1S/C8H14N2O4S/c11-8(12)5-15(13,14)10-3-6-1-9-2-7(6)4-10/h6-7,9H,1-5H2,(H,11,12). The number of nitrogens with zero attached hydrogens (tertiary/aromatic N) is 1. The van der Waals surface area contributed by atoms with Gasteiger partial charge in [0.2, 0.25) is 10.0 Å². The molecule has 15 heavy (non-hydrogen) atoms. The second kappa shape index (κ2) is 3.73. The van der Waals surface area contributed by atoms with E-state index in [1.807, 2.05) is 0 Å². The quantitative estimate of drug-likeness (QED) is 0.624. The van der Waals surface area contributed by atoms with Crippen LogP contribution in [0.4, 0.5) is 0 Å². The number of hydrogen-bond acceptors (Lipinski definition) is 4. The predicted molar refractivity (Wildman–Crippen MR) is 52.8 cm³/mol. The van der Waals surface area contributed by atoms with E-state index in [1.165, 1.54) is 4.31 Å². The van der Waals surface area contributed by atoms with Crippen LogP contribution in [-0.4, -0.2) is 55.7 Å². The van der Waals surface area contributed by atoms with E-state index >= 15 is 0 Å². The molecule has 0 aliphatic carbocycles. The molecule has 2 heterocycles. The average molecular weight is 234 g/mol. The largest absolute Gasteiger partial charge is 0.480 e. The van der Waals surface area contributed by atoms with Crippen LogP contribution in [0.3, 0.4) is 0 Å². The van der Waals surface area contributed by atoms with E-state index in [4.69, 9.17) is 5.11 Å². The summed E-state index contributed by atoms with van der Waals surface area (Å²) in [6.45, 7) is 2.61.